The summed E-state index contributed by atoms with van der Waals surface area (Å²) in [6.45, 7) is 2.73. The lowest BCUT2D eigenvalue weighted by Gasteiger charge is -2.14. The van der Waals surface area contributed by atoms with E-state index in [4.69, 9.17) is 14.7 Å². The monoisotopic (exact) mass is 240 g/mol. The van der Waals surface area contributed by atoms with Gasteiger partial charge in [0.1, 0.15) is 12.4 Å². The van der Waals surface area contributed by atoms with E-state index in [-0.39, 0.29) is 5.69 Å². The summed E-state index contributed by atoms with van der Waals surface area (Å²) in [5.41, 5.74) is 0.626. The third kappa shape index (κ3) is 4.01. The molecule has 0 atom stereocenters. The molecular formula is C11H16N2O4. The third-order valence-electron chi connectivity index (χ3n) is 2.24. The normalized spacial score (nSPS) is 10.6. The molecule has 1 heterocycles. The van der Waals surface area contributed by atoms with E-state index in [2.05, 4.69) is 4.98 Å². The molecule has 1 aromatic heterocycles. The number of rotatable bonds is 6. The first-order valence-electron chi connectivity index (χ1n) is 5.12. The van der Waals surface area contributed by atoms with Crippen molar-refractivity contribution in [2.75, 3.05) is 27.3 Å². The fourth-order valence-corrected chi connectivity index (χ4v) is 1.24. The summed E-state index contributed by atoms with van der Waals surface area (Å²) in [4.78, 5) is 19.5. The highest BCUT2D eigenvalue weighted by Crippen LogP contribution is 2.14. The Balaban J connectivity index is 2.56. The molecule has 1 aromatic rings. The number of ether oxygens (including phenoxy) is 1. The minimum atomic E-state index is -1.03. The number of aryl methyl sites for hydroxylation is 1. The molecule has 1 N–H and O–H groups in total. The van der Waals surface area contributed by atoms with Crippen LogP contribution in [0, 0.1) is 6.92 Å². The Morgan fingerprint density at radius 3 is 2.82 bits per heavy atom. The number of carboxylic acid groups (broad SMARTS) is 1. The molecular weight excluding hydrogens is 224 g/mol. The minimum absolute atomic E-state index is 0.0476. The van der Waals surface area contributed by atoms with Crippen molar-refractivity contribution < 1.29 is 19.5 Å². The number of nitrogens with zero attached hydrogens (tertiary/aromatic N) is 2. The van der Waals surface area contributed by atoms with Gasteiger partial charge in [0.25, 0.3) is 0 Å². The molecule has 0 unspecified atom stereocenters. The molecule has 17 heavy (non-hydrogen) atoms. The molecule has 94 valence electrons. The van der Waals surface area contributed by atoms with Crippen molar-refractivity contribution in [1.82, 2.24) is 10.0 Å². The van der Waals surface area contributed by atoms with Crippen molar-refractivity contribution >= 4 is 5.97 Å². The molecule has 6 nitrogen and oxygen atoms in total. The number of hydroxylamine groups is 2. The van der Waals surface area contributed by atoms with Crippen LogP contribution in [-0.2, 0) is 4.84 Å². The predicted octanol–water partition coefficient (Wildman–Crippen LogP) is 0.960. The van der Waals surface area contributed by atoms with Crippen LogP contribution in [-0.4, -0.2) is 48.4 Å². The van der Waals surface area contributed by atoms with E-state index in [0.29, 0.717) is 24.5 Å². The summed E-state index contributed by atoms with van der Waals surface area (Å²) in [6.07, 6.45) is 1.41. The van der Waals surface area contributed by atoms with Gasteiger partial charge in [0.2, 0.25) is 0 Å². The lowest BCUT2D eigenvalue weighted by molar-refractivity contribution is -0.113. The number of hydrogen-bond donors (Lipinski definition) is 1. The molecule has 0 saturated carbocycles. The highest BCUT2D eigenvalue weighted by Gasteiger charge is 2.09. The third-order valence-corrected chi connectivity index (χ3v) is 2.24. The minimum Gasteiger partial charge on any atom is -0.491 e. The molecule has 0 aromatic carbocycles. The standard InChI is InChI=1S/C11H16N2O4/c1-8-6-9(7-12-10(8)11(14)15)17-5-4-13(2)16-3/h6-7H,4-5H2,1-3H3,(H,14,15). The van der Waals surface area contributed by atoms with Crippen molar-refractivity contribution in [3.63, 3.8) is 0 Å². The van der Waals surface area contributed by atoms with E-state index in [1.165, 1.54) is 6.20 Å². The van der Waals surface area contributed by atoms with Gasteiger partial charge in [-0.1, -0.05) is 0 Å². The van der Waals surface area contributed by atoms with Gasteiger partial charge in [0.05, 0.1) is 19.9 Å². The van der Waals surface area contributed by atoms with Crippen LogP contribution in [0.3, 0.4) is 0 Å². The SMILES string of the molecule is CON(C)CCOc1cnc(C(=O)O)c(C)c1. The Bertz CT molecular complexity index is 395. The van der Waals surface area contributed by atoms with Crippen molar-refractivity contribution in [3.05, 3.63) is 23.5 Å². The van der Waals surface area contributed by atoms with Crippen LogP contribution in [0.4, 0.5) is 0 Å². The number of hydrogen-bond acceptors (Lipinski definition) is 5. The fraction of sp³-hybridized carbons (Fsp3) is 0.455. The van der Waals surface area contributed by atoms with Gasteiger partial charge in [-0.15, -0.1) is 0 Å². The van der Waals surface area contributed by atoms with Gasteiger partial charge in [-0.2, -0.15) is 5.06 Å². The first-order chi connectivity index (χ1) is 8.04. The van der Waals surface area contributed by atoms with E-state index >= 15 is 0 Å². The van der Waals surface area contributed by atoms with Crippen LogP contribution in [0.1, 0.15) is 16.1 Å². The van der Waals surface area contributed by atoms with Gasteiger partial charge in [0.15, 0.2) is 5.69 Å². The summed E-state index contributed by atoms with van der Waals surface area (Å²) in [5.74, 6) is -0.481. The second kappa shape index (κ2) is 6.17. The lowest BCUT2D eigenvalue weighted by Crippen LogP contribution is -2.23. The quantitative estimate of drug-likeness (QED) is 0.747. The first kappa shape index (κ1) is 13.4. The smallest absolute Gasteiger partial charge is 0.354 e. The van der Waals surface area contributed by atoms with Gasteiger partial charge in [-0.25, -0.2) is 9.78 Å². The van der Waals surface area contributed by atoms with E-state index in [1.54, 1.807) is 32.2 Å². The van der Waals surface area contributed by atoms with Gasteiger partial charge in [-0.3, -0.25) is 0 Å². The highest BCUT2D eigenvalue weighted by atomic mass is 16.7. The Morgan fingerprint density at radius 2 is 2.29 bits per heavy atom. The van der Waals surface area contributed by atoms with E-state index in [9.17, 15) is 4.79 Å². The lowest BCUT2D eigenvalue weighted by atomic mass is 10.2. The Hall–Kier alpha value is -1.66. The average Bonchev–Trinajstić information content (AvgIpc) is 2.28. The largest absolute Gasteiger partial charge is 0.491 e. The van der Waals surface area contributed by atoms with Crippen LogP contribution in [0.15, 0.2) is 12.3 Å². The number of pyridine rings is 1. The summed E-state index contributed by atoms with van der Waals surface area (Å²) in [5, 5.41) is 10.4. The average molecular weight is 240 g/mol. The van der Waals surface area contributed by atoms with Crippen molar-refractivity contribution in [2.45, 2.75) is 6.92 Å². The molecule has 0 amide bonds. The van der Waals surface area contributed by atoms with Crippen molar-refractivity contribution in [3.8, 4) is 5.75 Å². The van der Waals surface area contributed by atoms with Crippen LogP contribution < -0.4 is 4.74 Å². The summed E-state index contributed by atoms with van der Waals surface area (Å²) in [6, 6.07) is 1.66. The van der Waals surface area contributed by atoms with Crippen LogP contribution in [0.2, 0.25) is 0 Å². The van der Waals surface area contributed by atoms with Crippen LogP contribution in [0.5, 0.6) is 5.75 Å². The maximum absolute atomic E-state index is 10.7. The first-order valence-corrected chi connectivity index (χ1v) is 5.12. The maximum atomic E-state index is 10.7. The molecule has 0 spiro atoms. The second-order valence-corrected chi connectivity index (χ2v) is 3.52. The van der Waals surface area contributed by atoms with Gasteiger partial charge >= 0.3 is 5.97 Å². The Morgan fingerprint density at radius 1 is 1.59 bits per heavy atom. The molecule has 0 aliphatic heterocycles. The summed E-state index contributed by atoms with van der Waals surface area (Å²) < 4.78 is 5.42. The fourth-order valence-electron chi connectivity index (χ4n) is 1.24. The summed E-state index contributed by atoms with van der Waals surface area (Å²) in [7, 11) is 3.37. The molecule has 0 saturated heterocycles. The highest BCUT2D eigenvalue weighted by molar-refractivity contribution is 5.87. The topological polar surface area (TPSA) is 71.9 Å². The molecule has 0 bridgehead atoms. The Kier molecular flexibility index (Phi) is 4.86. The molecule has 0 aliphatic carbocycles. The zero-order chi connectivity index (χ0) is 12.8. The van der Waals surface area contributed by atoms with Crippen LogP contribution in [0.25, 0.3) is 0 Å². The van der Waals surface area contributed by atoms with Crippen LogP contribution >= 0.6 is 0 Å². The van der Waals surface area contributed by atoms with Gasteiger partial charge in [0, 0.05) is 7.05 Å². The molecule has 0 radical (unpaired) electrons. The van der Waals surface area contributed by atoms with Gasteiger partial charge < -0.3 is 14.7 Å². The molecule has 0 fully saturated rings. The zero-order valence-corrected chi connectivity index (χ0v) is 10.1. The summed E-state index contributed by atoms with van der Waals surface area (Å²) >= 11 is 0. The molecule has 1 rings (SSSR count). The Labute approximate surface area is 99.7 Å². The van der Waals surface area contributed by atoms with E-state index in [0.717, 1.165) is 0 Å². The predicted molar refractivity (Wildman–Crippen MR) is 61.1 cm³/mol. The van der Waals surface area contributed by atoms with E-state index in [1.807, 2.05) is 0 Å². The zero-order valence-electron chi connectivity index (χ0n) is 10.1. The van der Waals surface area contributed by atoms with Crippen molar-refractivity contribution in [2.24, 2.45) is 0 Å². The van der Waals surface area contributed by atoms with Crippen molar-refractivity contribution in [1.29, 1.82) is 0 Å². The number of aromatic carboxylic acids is 1. The number of carboxylic acids is 1. The molecule has 0 aliphatic rings. The second-order valence-electron chi connectivity index (χ2n) is 3.52. The number of aromatic nitrogens is 1. The number of carbonyl (C=O) groups is 1. The molecule has 6 heteroatoms. The van der Waals surface area contributed by atoms with Gasteiger partial charge in [-0.05, 0) is 18.6 Å². The van der Waals surface area contributed by atoms with E-state index < -0.39 is 5.97 Å². The number of likely N-dealkylation sites (N-methyl/N-ethyl adjacent to an activating group) is 1. The maximum Gasteiger partial charge on any atom is 0.354 e.